The van der Waals surface area contributed by atoms with Crippen molar-refractivity contribution in [3.8, 4) is 0 Å². The Morgan fingerprint density at radius 3 is 2.29 bits per heavy atom. The summed E-state index contributed by atoms with van der Waals surface area (Å²) in [5.74, 6) is 0.566. The highest BCUT2D eigenvalue weighted by atomic mass is 16.5. The molecule has 0 aromatic heterocycles. The fourth-order valence-corrected chi connectivity index (χ4v) is 1.99. The first-order valence-electron chi connectivity index (χ1n) is 6.92. The van der Waals surface area contributed by atoms with Gasteiger partial charge in [0.2, 0.25) is 0 Å². The topological polar surface area (TPSA) is 46.5 Å². The van der Waals surface area contributed by atoms with Crippen molar-refractivity contribution < 1.29 is 14.6 Å². The molecule has 0 aromatic carbocycles. The quantitative estimate of drug-likeness (QED) is 0.576. The van der Waals surface area contributed by atoms with Gasteiger partial charge in [0.25, 0.3) is 0 Å². The van der Waals surface area contributed by atoms with Crippen LogP contribution in [0.15, 0.2) is 0 Å². The third-order valence-corrected chi connectivity index (χ3v) is 3.20. The zero-order valence-electron chi connectivity index (χ0n) is 11.4. The van der Waals surface area contributed by atoms with E-state index < -0.39 is 0 Å². The van der Waals surface area contributed by atoms with Gasteiger partial charge in [0.15, 0.2) is 0 Å². The minimum Gasteiger partial charge on any atom is -0.469 e. The van der Waals surface area contributed by atoms with E-state index in [9.17, 15) is 4.79 Å². The second-order valence-electron chi connectivity index (χ2n) is 4.72. The molecule has 0 amide bonds. The predicted molar refractivity (Wildman–Crippen MR) is 69.8 cm³/mol. The van der Waals surface area contributed by atoms with Crippen molar-refractivity contribution in [1.29, 1.82) is 0 Å². The molecular weight excluding hydrogens is 216 g/mol. The van der Waals surface area contributed by atoms with Crippen LogP contribution in [0.5, 0.6) is 0 Å². The van der Waals surface area contributed by atoms with Crippen LogP contribution in [0.4, 0.5) is 0 Å². The normalized spacial score (nSPS) is 15.2. The van der Waals surface area contributed by atoms with Crippen LogP contribution < -0.4 is 0 Å². The first kappa shape index (κ1) is 16.4. The van der Waals surface area contributed by atoms with Crippen molar-refractivity contribution in [1.82, 2.24) is 0 Å². The van der Waals surface area contributed by atoms with E-state index in [4.69, 9.17) is 5.11 Å². The molecule has 3 nitrogen and oxygen atoms in total. The van der Waals surface area contributed by atoms with E-state index in [0.717, 1.165) is 12.8 Å². The lowest BCUT2D eigenvalue weighted by atomic mass is 10.1. The summed E-state index contributed by atoms with van der Waals surface area (Å²) in [5, 5.41) is 8.57. The van der Waals surface area contributed by atoms with Gasteiger partial charge in [-0.2, -0.15) is 0 Å². The van der Waals surface area contributed by atoms with Gasteiger partial charge >= 0.3 is 5.97 Å². The molecule has 0 radical (unpaired) electrons. The summed E-state index contributed by atoms with van der Waals surface area (Å²) in [6.07, 6.45) is 10.3. The van der Waals surface area contributed by atoms with Crippen molar-refractivity contribution in [3.63, 3.8) is 0 Å². The lowest BCUT2D eigenvalue weighted by Gasteiger charge is -1.98. The Balaban J connectivity index is 0.000000318. The van der Waals surface area contributed by atoms with E-state index >= 15 is 0 Å². The SMILES string of the molecule is CCCCCCC(=O)OC.OCC1CCCC1. The predicted octanol–water partition coefficient (Wildman–Crippen LogP) is 3.30. The Hall–Kier alpha value is -0.570. The molecule has 0 heterocycles. The van der Waals surface area contributed by atoms with Crippen LogP contribution in [0.1, 0.15) is 64.7 Å². The summed E-state index contributed by atoms with van der Waals surface area (Å²) in [6.45, 7) is 2.57. The average molecular weight is 244 g/mol. The number of hydrogen-bond acceptors (Lipinski definition) is 3. The van der Waals surface area contributed by atoms with Gasteiger partial charge in [-0.25, -0.2) is 0 Å². The fourth-order valence-electron chi connectivity index (χ4n) is 1.99. The Labute approximate surface area is 106 Å². The Morgan fingerprint density at radius 2 is 1.88 bits per heavy atom. The monoisotopic (exact) mass is 244 g/mol. The van der Waals surface area contributed by atoms with E-state index in [2.05, 4.69) is 11.7 Å². The number of rotatable bonds is 6. The number of carbonyl (C=O) groups is 1. The molecule has 0 bridgehead atoms. The van der Waals surface area contributed by atoms with Gasteiger partial charge in [0, 0.05) is 13.0 Å². The molecule has 1 saturated carbocycles. The number of esters is 1. The fraction of sp³-hybridized carbons (Fsp3) is 0.929. The molecule has 1 rings (SSSR count). The molecule has 3 heteroatoms. The third-order valence-electron chi connectivity index (χ3n) is 3.20. The first-order chi connectivity index (χ1) is 8.24. The number of methoxy groups -OCH3 is 1. The number of unbranched alkanes of at least 4 members (excludes halogenated alkanes) is 3. The van der Waals surface area contributed by atoms with Gasteiger partial charge in [-0.1, -0.05) is 39.0 Å². The second-order valence-corrected chi connectivity index (χ2v) is 4.72. The molecule has 17 heavy (non-hydrogen) atoms. The maximum Gasteiger partial charge on any atom is 0.305 e. The summed E-state index contributed by atoms with van der Waals surface area (Å²) >= 11 is 0. The average Bonchev–Trinajstić information content (AvgIpc) is 2.88. The number of carbonyl (C=O) groups excluding carboxylic acids is 1. The van der Waals surface area contributed by atoms with Crippen LogP contribution in [-0.4, -0.2) is 24.8 Å². The van der Waals surface area contributed by atoms with Crippen molar-refractivity contribution in [2.75, 3.05) is 13.7 Å². The Bertz CT molecular complexity index is 174. The van der Waals surface area contributed by atoms with Gasteiger partial charge in [-0.05, 0) is 25.2 Å². The van der Waals surface area contributed by atoms with Gasteiger partial charge in [-0.15, -0.1) is 0 Å². The number of ether oxygens (including phenoxy) is 1. The summed E-state index contributed by atoms with van der Waals surface area (Å²) in [7, 11) is 1.43. The molecule has 1 fully saturated rings. The van der Waals surface area contributed by atoms with Crippen molar-refractivity contribution >= 4 is 5.97 Å². The van der Waals surface area contributed by atoms with Crippen molar-refractivity contribution in [2.45, 2.75) is 64.7 Å². The molecule has 0 spiro atoms. The molecule has 1 aliphatic rings. The van der Waals surface area contributed by atoms with Crippen LogP contribution in [-0.2, 0) is 9.53 Å². The van der Waals surface area contributed by atoms with Crippen LogP contribution in [0.3, 0.4) is 0 Å². The smallest absolute Gasteiger partial charge is 0.305 e. The Morgan fingerprint density at radius 1 is 1.24 bits per heavy atom. The van der Waals surface area contributed by atoms with E-state index in [-0.39, 0.29) is 5.97 Å². The highest BCUT2D eigenvalue weighted by Gasteiger charge is 2.12. The summed E-state index contributed by atoms with van der Waals surface area (Å²) in [5.41, 5.74) is 0. The number of aliphatic hydroxyl groups excluding tert-OH is 1. The van der Waals surface area contributed by atoms with Gasteiger partial charge in [0.1, 0.15) is 0 Å². The van der Waals surface area contributed by atoms with Crippen molar-refractivity contribution in [3.05, 3.63) is 0 Å². The molecule has 0 aromatic rings. The second kappa shape index (κ2) is 11.9. The summed E-state index contributed by atoms with van der Waals surface area (Å²) in [6, 6.07) is 0. The molecule has 1 N–H and O–H groups in total. The van der Waals surface area contributed by atoms with Gasteiger partial charge < -0.3 is 9.84 Å². The van der Waals surface area contributed by atoms with Crippen LogP contribution in [0, 0.1) is 5.92 Å². The number of hydrogen-bond donors (Lipinski definition) is 1. The zero-order valence-corrected chi connectivity index (χ0v) is 11.4. The van der Waals surface area contributed by atoms with E-state index in [1.54, 1.807) is 0 Å². The third kappa shape index (κ3) is 10.3. The van der Waals surface area contributed by atoms with Gasteiger partial charge in [0.05, 0.1) is 7.11 Å². The maximum absolute atomic E-state index is 10.6. The highest BCUT2D eigenvalue weighted by molar-refractivity contribution is 5.68. The summed E-state index contributed by atoms with van der Waals surface area (Å²) in [4.78, 5) is 10.6. The molecule has 0 unspecified atom stereocenters. The van der Waals surface area contributed by atoms with Crippen LogP contribution >= 0.6 is 0 Å². The molecule has 1 aliphatic carbocycles. The largest absolute Gasteiger partial charge is 0.469 e. The minimum atomic E-state index is -0.0869. The highest BCUT2D eigenvalue weighted by Crippen LogP contribution is 2.23. The van der Waals surface area contributed by atoms with E-state index in [1.165, 1.54) is 45.6 Å². The maximum atomic E-state index is 10.6. The minimum absolute atomic E-state index is 0.0869. The number of aliphatic hydroxyl groups is 1. The molecule has 0 aliphatic heterocycles. The Kier molecular flexibility index (Phi) is 11.5. The lowest BCUT2D eigenvalue weighted by molar-refractivity contribution is -0.140. The molecular formula is C14H28O3. The molecule has 0 saturated heterocycles. The van der Waals surface area contributed by atoms with Gasteiger partial charge in [-0.3, -0.25) is 4.79 Å². The standard InChI is InChI=1S/C8H16O2.C6H12O/c1-3-4-5-6-7-8(9)10-2;7-5-6-3-1-2-4-6/h3-7H2,1-2H3;6-7H,1-5H2. The molecule has 0 atom stereocenters. The molecule has 102 valence electrons. The first-order valence-corrected chi connectivity index (χ1v) is 6.92. The van der Waals surface area contributed by atoms with E-state index in [0.29, 0.717) is 18.9 Å². The van der Waals surface area contributed by atoms with Crippen LogP contribution in [0.2, 0.25) is 0 Å². The van der Waals surface area contributed by atoms with Crippen LogP contribution in [0.25, 0.3) is 0 Å². The van der Waals surface area contributed by atoms with Crippen molar-refractivity contribution in [2.24, 2.45) is 5.92 Å². The van der Waals surface area contributed by atoms with E-state index in [1.807, 2.05) is 0 Å². The summed E-state index contributed by atoms with van der Waals surface area (Å²) < 4.78 is 4.49. The zero-order chi connectivity index (χ0) is 12.9. The lowest BCUT2D eigenvalue weighted by Crippen LogP contribution is -1.98.